The van der Waals surface area contributed by atoms with Crippen LogP contribution >= 0.6 is 11.8 Å². The van der Waals surface area contributed by atoms with Crippen molar-refractivity contribution in [2.24, 2.45) is 5.92 Å². The molecule has 2 rings (SSSR count). The van der Waals surface area contributed by atoms with Crippen molar-refractivity contribution in [2.75, 3.05) is 5.75 Å². The monoisotopic (exact) mass is 417 g/mol. The number of hydrogen-bond donors (Lipinski definition) is 1. The Labute approximate surface area is 174 Å². The molecule has 1 heterocycles. The molecule has 9 heteroatoms. The van der Waals surface area contributed by atoms with Crippen LogP contribution in [0.1, 0.15) is 26.6 Å². The Morgan fingerprint density at radius 2 is 2.21 bits per heavy atom. The summed E-state index contributed by atoms with van der Waals surface area (Å²) in [5.41, 5.74) is -0.939. The van der Waals surface area contributed by atoms with E-state index in [-0.39, 0.29) is 29.9 Å². The van der Waals surface area contributed by atoms with Gasteiger partial charge in [0.25, 0.3) is 0 Å². The Bertz CT molecular complexity index is 909. The number of benzene rings is 1. The van der Waals surface area contributed by atoms with E-state index in [9.17, 15) is 14.4 Å². The summed E-state index contributed by atoms with van der Waals surface area (Å²) in [7, 11) is 0. The summed E-state index contributed by atoms with van der Waals surface area (Å²) in [6, 6.07) is 8.25. The zero-order valence-corrected chi connectivity index (χ0v) is 17.5. The predicted molar refractivity (Wildman–Crippen MR) is 109 cm³/mol. The molecule has 0 spiro atoms. The quantitative estimate of drug-likeness (QED) is 0.471. The highest BCUT2D eigenvalue weighted by molar-refractivity contribution is 7.99. The van der Waals surface area contributed by atoms with E-state index in [0.717, 1.165) is 0 Å². The van der Waals surface area contributed by atoms with E-state index in [1.807, 2.05) is 13.8 Å². The number of thioether (sulfide) groups is 1. The van der Waals surface area contributed by atoms with Crippen molar-refractivity contribution in [1.82, 2.24) is 20.1 Å². The number of allylic oxidation sites excluding steroid dienone is 1. The van der Waals surface area contributed by atoms with Gasteiger partial charge >= 0.3 is 0 Å². The second kappa shape index (κ2) is 10.1. The third-order valence-electron chi connectivity index (χ3n) is 4.42. The molecule has 0 saturated heterocycles. The minimum atomic E-state index is -0.939. The molecule has 1 atom stereocenters. The molecule has 0 radical (unpaired) electrons. The topological polar surface area (TPSA) is 92.8 Å². The lowest BCUT2D eigenvalue weighted by atomic mass is 9.90. The number of carbonyl (C=O) groups is 1. The second-order valence-corrected chi connectivity index (χ2v) is 7.77. The molecule has 1 unspecified atom stereocenters. The van der Waals surface area contributed by atoms with Crippen LogP contribution < -0.4 is 10.1 Å². The Morgan fingerprint density at radius 1 is 1.48 bits per heavy atom. The van der Waals surface area contributed by atoms with Gasteiger partial charge in [0.15, 0.2) is 22.5 Å². The lowest BCUT2D eigenvalue weighted by molar-refractivity contribution is -0.120. The number of para-hydroxylation sites is 1. The first-order valence-electron chi connectivity index (χ1n) is 9.06. The predicted octanol–water partition coefficient (Wildman–Crippen LogP) is 3.33. The number of hydrogen-bond acceptors (Lipinski definition) is 6. The van der Waals surface area contributed by atoms with Gasteiger partial charge in [0.1, 0.15) is 12.1 Å². The van der Waals surface area contributed by atoms with Crippen LogP contribution in [-0.2, 0) is 17.9 Å². The number of carbonyl (C=O) groups excluding carboxylic acids is 1. The van der Waals surface area contributed by atoms with E-state index in [0.29, 0.717) is 17.5 Å². The zero-order chi connectivity index (χ0) is 21.4. The molecule has 0 saturated carbocycles. The Balaban J connectivity index is 2.04. The van der Waals surface area contributed by atoms with Gasteiger partial charge in [-0.2, -0.15) is 5.26 Å². The highest BCUT2D eigenvalue weighted by Crippen LogP contribution is 2.21. The number of nitrogens with zero attached hydrogens (tertiary/aromatic N) is 4. The molecule has 0 bridgehead atoms. The molecule has 1 N–H and O–H groups in total. The minimum absolute atomic E-state index is 0.0222. The van der Waals surface area contributed by atoms with Crippen LogP contribution in [0.2, 0.25) is 0 Å². The SMILES string of the molecule is C=CCn1c(COc2ccccc2F)nnc1SCC(=O)NC(C)(C#N)C(C)C. The van der Waals surface area contributed by atoms with Crippen molar-refractivity contribution in [3.63, 3.8) is 0 Å². The van der Waals surface area contributed by atoms with Gasteiger partial charge in [-0.15, -0.1) is 16.8 Å². The first-order valence-corrected chi connectivity index (χ1v) is 10.0. The minimum Gasteiger partial charge on any atom is -0.483 e. The number of amides is 1. The second-order valence-electron chi connectivity index (χ2n) is 6.82. The number of nitriles is 1. The van der Waals surface area contributed by atoms with Gasteiger partial charge in [0.05, 0.1) is 11.8 Å². The average molecular weight is 418 g/mol. The van der Waals surface area contributed by atoms with E-state index in [4.69, 9.17) is 4.74 Å². The van der Waals surface area contributed by atoms with E-state index in [1.54, 1.807) is 29.7 Å². The molecule has 29 heavy (non-hydrogen) atoms. The van der Waals surface area contributed by atoms with E-state index < -0.39 is 11.4 Å². The maximum atomic E-state index is 13.7. The summed E-state index contributed by atoms with van der Waals surface area (Å²) < 4.78 is 21.0. The summed E-state index contributed by atoms with van der Waals surface area (Å²) in [4.78, 5) is 12.3. The maximum Gasteiger partial charge on any atom is 0.231 e. The summed E-state index contributed by atoms with van der Waals surface area (Å²) in [6.45, 7) is 9.60. The molecular formula is C20H24FN5O2S. The molecule has 7 nitrogen and oxygen atoms in total. The molecule has 0 aliphatic heterocycles. The van der Waals surface area contributed by atoms with Crippen molar-refractivity contribution >= 4 is 17.7 Å². The van der Waals surface area contributed by atoms with Gasteiger partial charge in [0.2, 0.25) is 5.91 Å². The largest absolute Gasteiger partial charge is 0.483 e. The van der Waals surface area contributed by atoms with Gasteiger partial charge < -0.3 is 10.1 Å². The first-order chi connectivity index (χ1) is 13.8. The van der Waals surface area contributed by atoms with Crippen LogP contribution in [0.25, 0.3) is 0 Å². The average Bonchev–Trinajstić information content (AvgIpc) is 3.07. The molecule has 1 aromatic carbocycles. The van der Waals surface area contributed by atoms with Crippen LogP contribution in [0.15, 0.2) is 42.1 Å². The molecule has 154 valence electrons. The summed E-state index contributed by atoms with van der Waals surface area (Å²) >= 11 is 1.19. The lowest BCUT2D eigenvalue weighted by Gasteiger charge is -2.27. The number of rotatable bonds is 10. The van der Waals surface area contributed by atoms with Crippen molar-refractivity contribution < 1.29 is 13.9 Å². The molecular weight excluding hydrogens is 393 g/mol. The molecule has 0 aliphatic rings. The Morgan fingerprint density at radius 3 is 2.83 bits per heavy atom. The first kappa shape index (κ1) is 22.4. The molecule has 0 fully saturated rings. The number of nitrogens with one attached hydrogen (secondary N) is 1. The van der Waals surface area contributed by atoms with Crippen LogP contribution in [0.4, 0.5) is 4.39 Å². The van der Waals surface area contributed by atoms with Crippen molar-refractivity contribution in [3.05, 3.63) is 48.6 Å². The summed E-state index contributed by atoms with van der Waals surface area (Å²) in [5, 5.41) is 20.8. The van der Waals surface area contributed by atoms with Gasteiger partial charge in [0, 0.05) is 6.54 Å². The smallest absolute Gasteiger partial charge is 0.231 e. The highest BCUT2D eigenvalue weighted by Gasteiger charge is 2.30. The number of ether oxygens (including phenoxy) is 1. The van der Waals surface area contributed by atoms with Crippen LogP contribution in [-0.4, -0.2) is 32.0 Å². The van der Waals surface area contributed by atoms with Gasteiger partial charge in [-0.3, -0.25) is 9.36 Å². The van der Waals surface area contributed by atoms with Crippen molar-refractivity contribution in [2.45, 2.75) is 44.6 Å². The van der Waals surface area contributed by atoms with Gasteiger partial charge in [-0.1, -0.05) is 43.8 Å². The molecule has 1 aromatic heterocycles. The zero-order valence-electron chi connectivity index (χ0n) is 16.7. The Kier molecular flexibility index (Phi) is 7.79. The normalized spacial score (nSPS) is 12.8. The Hall–Kier alpha value is -2.86. The van der Waals surface area contributed by atoms with E-state index >= 15 is 0 Å². The van der Waals surface area contributed by atoms with Crippen molar-refractivity contribution in [3.8, 4) is 11.8 Å². The summed E-state index contributed by atoms with van der Waals surface area (Å²) in [5.74, 6) is -0.0795. The maximum absolute atomic E-state index is 13.7. The fraction of sp³-hybridized carbons (Fsp3) is 0.400. The lowest BCUT2D eigenvalue weighted by Crippen LogP contribution is -2.49. The molecule has 0 aliphatic carbocycles. The van der Waals surface area contributed by atoms with Crippen LogP contribution in [0, 0.1) is 23.1 Å². The molecule has 2 aromatic rings. The highest BCUT2D eigenvalue weighted by atomic mass is 32.2. The van der Waals surface area contributed by atoms with Gasteiger partial charge in [-0.05, 0) is 25.0 Å². The fourth-order valence-corrected chi connectivity index (χ4v) is 3.07. The van der Waals surface area contributed by atoms with Gasteiger partial charge in [-0.25, -0.2) is 4.39 Å². The number of aromatic nitrogens is 3. The standard InChI is InChI=1S/C20H24FN5O2S/c1-5-10-26-17(11-28-16-9-7-6-8-15(16)21)24-25-19(26)29-12-18(27)23-20(4,13-22)14(2)3/h5-9,14H,1,10-12H2,2-4H3,(H,23,27). The van der Waals surface area contributed by atoms with E-state index in [2.05, 4.69) is 28.2 Å². The third-order valence-corrected chi connectivity index (χ3v) is 5.38. The number of halogens is 1. The van der Waals surface area contributed by atoms with E-state index in [1.165, 1.54) is 23.9 Å². The molecule has 1 amide bonds. The fourth-order valence-electron chi connectivity index (χ4n) is 2.31. The summed E-state index contributed by atoms with van der Waals surface area (Å²) in [6.07, 6.45) is 1.67. The third kappa shape index (κ3) is 5.81. The van der Waals surface area contributed by atoms with Crippen LogP contribution in [0.3, 0.4) is 0 Å². The van der Waals surface area contributed by atoms with Crippen LogP contribution in [0.5, 0.6) is 5.75 Å². The van der Waals surface area contributed by atoms with Crippen molar-refractivity contribution in [1.29, 1.82) is 5.26 Å².